The second kappa shape index (κ2) is 7.75. The number of pyridine rings is 1. The van der Waals surface area contributed by atoms with Gasteiger partial charge in [-0.15, -0.1) is 0 Å². The number of amides is 1. The maximum atomic E-state index is 13.8. The number of halogens is 1. The largest absolute Gasteiger partial charge is 0.506 e. The normalized spacial score (nSPS) is 10.9. The first kappa shape index (κ1) is 20.1. The molecule has 0 aliphatic heterocycles. The highest BCUT2D eigenvalue weighted by atomic mass is 19.1. The topological polar surface area (TPSA) is 109 Å². The molecule has 0 bridgehead atoms. The minimum Gasteiger partial charge on any atom is -0.506 e. The third-order valence-electron chi connectivity index (χ3n) is 4.65. The van der Waals surface area contributed by atoms with Crippen LogP contribution in [0.15, 0.2) is 41.2 Å². The fourth-order valence-corrected chi connectivity index (χ4v) is 3.21. The van der Waals surface area contributed by atoms with E-state index in [0.29, 0.717) is 0 Å². The second-order valence-corrected chi connectivity index (χ2v) is 6.78. The molecule has 0 saturated carbocycles. The van der Waals surface area contributed by atoms with Crippen molar-refractivity contribution in [2.45, 2.75) is 20.4 Å². The molecule has 0 saturated heterocycles. The number of hydrogen-bond donors (Lipinski definition) is 3. The number of rotatable bonds is 5. The number of carboxylic acids is 1. The Morgan fingerprint density at radius 2 is 1.86 bits per heavy atom. The predicted octanol–water partition coefficient (Wildman–Crippen LogP) is 2.33. The highest BCUT2D eigenvalue weighted by Gasteiger charge is 2.23. The molecule has 8 heteroatoms. The smallest absolute Gasteiger partial charge is 0.322 e. The van der Waals surface area contributed by atoms with Gasteiger partial charge in [0.15, 0.2) is 0 Å². The number of aromatic nitrogens is 1. The van der Waals surface area contributed by atoms with Gasteiger partial charge in [-0.1, -0.05) is 23.8 Å². The summed E-state index contributed by atoms with van der Waals surface area (Å²) in [5.74, 6) is -3.69. The van der Waals surface area contributed by atoms with Crippen molar-refractivity contribution in [2.24, 2.45) is 0 Å². The summed E-state index contributed by atoms with van der Waals surface area (Å²) in [7, 11) is 0. The maximum absolute atomic E-state index is 13.8. The number of aromatic hydroxyl groups is 1. The van der Waals surface area contributed by atoms with E-state index in [0.717, 1.165) is 28.8 Å². The van der Waals surface area contributed by atoms with E-state index in [9.17, 15) is 23.9 Å². The maximum Gasteiger partial charge on any atom is 0.322 e. The minimum atomic E-state index is -1.31. The Morgan fingerprint density at radius 3 is 2.52 bits per heavy atom. The molecule has 3 aromatic rings. The number of nitrogens with one attached hydrogen (secondary N) is 1. The average Bonchev–Trinajstić information content (AvgIpc) is 2.65. The van der Waals surface area contributed by atoms with E-state index in [1.54, 1.807) is 0 Å². The van der Waals surface area contributed by atoms with Crippen LogP contribution in [0.25, 0.3) is 10.9 Å². The second-order valence-electron chi connectivity index (χ2n) is 6.78. The lowest BCUT2D eigenvalue weighted by atomic mass is 10.0. The Kier molecular flexibility index (Phi) is 5.36. The fraction of sp³-hybridized carbons (Fsp3) is 0.190. The average molecular weight is 398 g/mol. The molecule has 7 nitrogen and oxygen atoms in total. The lowest BCUT2D eigenvalue weighted by Crippen LogP contribution is -2.36. The van der Waals surface area contributed by atoms with E-state index in [-0.39, 0.29) is 17.4 Å². The van der Waals surface area contributed by atoms with Crippen LogP contribution in [0.3, 0.4) is 0 Å². The van der Waals surface area contributed by atoms with Gasteiger partial charge in [-0.05, 0) is 43.2 Å². The van der Waals surface area contributed by atoms with Crippen LogP contribution in [0.2, 0.25) is 0 Å². The zero-order valence-electron chi connectivity index (χ0n) is 15.8. The molecule has 0 atom stereocenters. The summed E-state index contributed by atoms with van der Waals surface area (Å²) in [5.41, 5.74) is 1.61. The van der Waals surface area contributed by atoms with Crippen LogP contribution < -0.4 is 10.9 Å². The molecule has 3 N–H and O–H groups in total. The minimum absolute atomic E-state index is 0.0187. The third kappa shape index (κ3) is 3.96. The van der Waals surface area contributed by atoms with Crippen LogP contribution in [0.4, 0.5) is 4.39 Å². The highest BCUT2D eigenvalue weighted by Crippen LogP contribution is 2.28. The van der Waals surface area contributed by atoms with Crippen molar-refractivity contribution >= 4 is 22.8 Å². The van der Waals surface area contributed by atoms with Gasteiger partial charge in [0.05, 0.1) is 12.1 Å². The number of benzene rings is 2. The molecule has 2 aromatic carbocycles. The first-order valence-electron chi connectivity index (χ1n) is 8.80. The number of hydrogen-bond acceptors (Lipinski definition) is 4. The summed E-state index contributed by atoms with van der Waals surface area (Å²) >= 11 is 0. The van der Waals surface area contributed by atoms with E-state index in [1.807, 2.05) is 32.0 Å². The van der Waals surface area contributed by atoms with Gasteiger partial charge in [-0.2, -0.15) is 0 Å². The molecular weight excluding hydrogens is 379 g/mol. The first-order chi connectivity index (χ1) is 13.7. The van der Waals surface area contributed by atoms with Gasteiger partial charge in [0.1, 0.15) is 23.7 Å². The van der Waals surface area contributed by atoms with Crippen molar-refractivity contribution < 1.29 is 24.2 Å². The number of fused-ring (bicyclic) bond motifs is 1. The zero-order chi connectivity index (χ0) is 21.3. The number of carboxylic acid groups (broad SMARTS) is 1. The third-order valence-corrected chi connectivity index (χ3v) is 4.65. The Balaban J connectivity index is 2.23. The van der Waals surface area contributed by atoms with Gasteiger partial charge in [-0.3, -0.25) is 14.4 Å². The number of carbonyl (C=O) groups is 2. The summed E-state index contributed by atoms with van der Waals surface area (Å²) in [6.45, 7) is 3.19. The standard InChI is InChI=1S/C21H19FN2O5/c1-11-3-4-13(12(2)7-11)10-24-16-6-5-14(22)8-15(16)19(27)18(21(24)29)20(28)23-9-17(25)26/h3-8,27H,9-10H2,1-2H3,(H,23,28)(H,25,26). The number of nitrogens with zero attached hydrogens (tertiary/aromatic N) is 1. The zero-order valence-corrected chi connectivity index (χ0v) is 15.8. The van der Waals surface area contributed by atoms with Crippen molar-refractivity contribution in [1.82, 2.24) is 9.88 Å². The van der Waals surface area contributed by atoms with E-state index in [1.165, 1.54) is 10.6 Å². The van der Waals surface area contributed by atoms with Crippen molar-refractivity contribution in [3.05, 3.63) is 74.8 Å². The van der Waals surface area contributed by atoms with E-state index < -0.39 is 41.1 Å². The van der Waals surface area contributed by atoms with Gasteiger partial charge in [-0.25, -0.2) is 4.39 Å². The van der Waals surface area contributed by atoms with Crippen molar-refractivity contribution in [2.75, 3.05) is 6.54 Å². The van der Waals surface area contributed by atoms with E-state index in [2.05, 4.69) is 5.32 Å². The summed E-state index contributed by atoms with van der Waals surface area (Å²) in [6.07, 6.45) is 0. The summed E-state index contributed by atoms with van der Waals surface area (Å²) in [6, 6.07) is 9.22. The molecule has 0 fully saturated rings. The number of aliphatic carboxylic acids is 1. The van der Waals surface area contributed by atoms with Gasteiger partial charge < -0.3 is 20.1 Å². The monoisotopic (exact) mass is 398 g/mol. The van der Waals surface area contributed by atoms with Crippen LogP contribution >= 0.6 is 0 Å². The van der Waals surface area contributed by atoms with Gasteiger partial charge in [0.2, 0.25) is 0 Å². The summed E-state index contributed by atoms with van der Waals surface area (Å²) < 4.78 is 15.1. The molecule has 150 valence electrons. The van der Waals surface area contributed by atoms with Crippen molar-refractivity contribution in [1.29, 1.82) is 0 Å². The molecule has 0 unspecified atom stereocenters. The van der Waals surface area contributed by atoms with Crippen LogP contribution in [0.5, 0.6) is 5.75 Å². The quantitative estimate of drug-likeness (QED) is 0.611. The molecule has 1 amide bonds. The molecule has 1 aromatic heterocycles. The fourth-order valence-electron chi connectivity index (χ4n) is 3.21. The lowest BCUT2D eigenvalue weighted by Gasteiger charge is -2.16. The van der Waals surface area contributed by atoms with Gasteiger partial charge in [0.25, 0.3) is 11.5 Å². The summed E-state index contributed by atoms with van der Waals surface area (Å²) in [5, 5.41) is 21.3. The van der Waals surface area contributed by atoms with E-state index in [4.69, 9.17) is 5.11 Å². The predicted molar refractivity (Wildman–Crippen MR) is 105 cm³/mol. The molecule has 0 aliphatic rings. The van der Waals surface area contributed by atoms with Crippen molar-refractivity contribution in [3.63, 3.8) is 0 Å². The Hall–Kier alpha value is -3.68. The Bertz CT molecular complexity index is 1200. The van der Waals surface area contributed by atoms with E-state index >= 15 is 0 Å². The molecule has 3 rings (SSSR count). The van der Waals surface area contributed by atoms with Crippen LogP contribution in [-0.2, 0) is 11.3 Å². The van der Waals surface area contributed by atoms with Crippen molar-refractivity contribution in [3.8, 4) is 5.75 Å². The molecular formula is C21H19FN2O5. The van der Waals surface area contributed by atoms with Crippen LogP contribution in [0.1, 0.15) is 27.0 Å². The molecule has 0 aliphatic carbocycles. The molecule has 1 heterocycles. The number of aryl methyl sites for hydroxylation is 2. The summed E-state index contributed by atoms with van der Waals surface area (Å²) in [4.78, 5) is 36.2. The van der Waals surface area contributed by atoms with Crippen LogP contribution in [-0.4, -0.2) is 33.2 Å². The SMILES string of the molecule is Cc1ccc(Cn2c(=O)c(C(=O)NCC(=O)O)c(O)c3cc(F)ccc32)c(C)c1. The molecule has 0 radical (unpaired) electrons. The van der Waals surface area contributed by atoms with Gasteiger partial charge in [0, 0.05) is 5.39 Å². The lowest BCUT2D eigenvalue weighted by molar-refractivity contribution is -0.135. The molecule has 0 spiro atoms. The Morgan fingerprint density at radius 1 is 1.14 bits per heavy atom. The molecule has 29 heavy (non-hydrogen) atoms. The first-order valence-corrected chi connectivity index (χ1v) is 8.80. The van der Waals surface area contributed by atoms with Gasteiger partial charge >= 0.3 is 5.97 Å². The highest BCUT2D eigenvalue weighted by molar-refractivity contribution is 6.03. The van der Waals surface area contributed by atoms with Crippen LogP contribution in [0, 0.1) is 19.7 Å². The Labute approximate surface area is 165 Å². The number of carbonyl (C=O) groups excluding carboxylic acids is 1.